The minimum atomic E-state index is -0.929. The van der Waals surface area contributed by atoms with Gasteiger partial charge in [0, 0.05) is 11.5 Å². The molecule has 0 aliphatic carbocycles. The molecule has 3 aromatic rings. The van der Waals surface area contributed by atoms with E-state index in [1.54, 1.807) is 18.2 Å². The zero-order valence-electron chi connectivity index (χ0n) is 9.99. The van der Waals surface area contributed by atoms with E-state index in [0.717, 1.165) is 12.1 Å². The fraction of sp³-hybridized carbons (Fsp3) is 0. The van der Waals surface area contributed by atoms with E-state index in [4.69, 9.17) is 16.0 Å². The van der Waals surface area contributed by atoms with Gasteiger partial charge in [-0.2, -0.15) is 0 Å². The molecule has 0 amide bonds. The number of ketones is 1. The Labute approximate surface area is 117 Å². The van der Waals surface area contributed by atoms with Gasteiger partial charge in [-0.25, -0.2) is 8.78 Å². The topological polar surface area (TPSA) is 30.2 Å². The molecular weight excluding hydrogens is 286 g/mol. The number of halogens is 3. The second-order valence-corrected chi connectivity index (χ2v) is 4.62. The largest absolute Gasteiger partial charge is 0.453 e. The molecule has 0 spiro atoms. The first-order valence-corrected chi connectivity index (χ1v) is 6.12. The summed E-state index contributed by atoms with van der Waals surface area (Å²) in [4.78, 5) is 12.2. The number of benzene rings is 2. The number of carbonyl (C=O) groups is 1. The molecule has 0 aliphatic rings. The lowest BCUT2D eigenvalue weighted by Gasteiger charge is -1.99. The van der Waals surface area contributed by atoms with Gasteiger partial charge in [0.2, 0.25) is 5.78 Å². The molecule has 0 bridgehead atoms. The summed E-state index contributed by atoms with van der Waals surface area (Å²) in [5.74, 6) is -2.37. The third kappa shape index (κ3) is 2.08. The summed E-state index contributed by atoms with van der Waals surface area (Å²) >= 11 is 5.98. The molecule has 1 heterocycles. The molecule has 2 aromatic carbocycles. The van der Waals surface area contributed by atoms with Crippen LogP contribution in [0, 0.1) is 11.6 Å². The maximum absolute atomic E-state index is 13.6. The van der Waals surface area contributed by atoms with Crippen molar-refractivity contribution in [2.45, 2.75) is 0 Å². The fourth-order valence-corrected chi connectivity index (χ4v) is 2.16. The Morgan fingerprint density at radius 3 is 2.60 bits per heavy atom. The van der Waals surface area contributed by atoms with Crippen molar-refractivity contribution in [1.29, 1.82) is 0 Å². The van der Waals surface area contributed by atoms with Gasteiger partial charge in [0.15, 0.2) is 5.76 Å². The second kappa shape index (κ2) is 4.72. The van der Waals surface area contributed by atoms with Gasteiger partial charge in [-0.3, -0.25) is 4.79 Å². The molecule has 0 fully saturated rings. The Bertz CT molecular complexity index is 824. The second-order valence-electron chi connectivity index (χ2n) is 4.22. The van der Waals surface area contributed by atoms with Crippen molar-refractivity contribution < 1.29 is 18.0 Å². The Balaban J connectivity index is 2.10. The third-order valence-corrected chi connectivity index (χ3v) is 3.24. The van der Waals surface area contributed by atoms with E-state index in [1.165, 1.54) is 6.07 Å². The van der Waals surface area contributed by atoms with Gasteiger partial charge in [-0.1, -0.05) is 17.7 Å². The molecule has 3 rings (SSSR count). The van der Waals surface area contributed by atoms with Gasteiger partial charge in [0.05, 0.1) is 10.6 Å². The van der Waals surface area contributed by atoms with Crippen LogP contribution in [0.25, 0.3) is 11.0 Å². The Kier molecular flexibility index (Phi) is 3.03. The molecule has 20 heavy (non-hydrogen) atoms. The maximum atomic E-state index is 13.6. The molecule has 1 aromatic heterocycles. The average molecular weight is 293 g/mol. The summed E-state index contributed by atoms with van der Waals surface area (Å²) in [5.41, 5.74) is 0.185. The first-order valence-electron chi connectivity index (χ1n) is 5.74. The van der Waals surface area contributed by atoms with Crippen LogP contribution < -0.4 is 0 Å². The highest BCUT2D eigenvalue weighted by Gasteiger charge is 2.19. The van der Waals surface area contributed by atoms with E-state index in [0.29, 0.717) is 22.1 Å². The summed E-state index contributed by atoms with van der Waals surface area (Å²) in [6.07, 6.45) is 0. The van der Waals surface area contributed by atoms with Gasteiger partial charge in [-0.15, -0.1) is 0 Å². The number of hydrogen-bond acceptors (Lipinski definition) is 2. The Morgan fingerprint density at radius 1 is 1.10 bits per heavy atom. The van der Waals surface area contributed by atoms with Gasteiger partial charge in [-0.05, 0) is 30.3 Å². The van der Waals surface area contributed by atoms with Crippen molar-refractivity contribution >= 4 is 28.4 Å². The van der Waals surface area contributed by atoms with Crippen molar-refractivity contribution in [2.75, 3.05) is 0 Å². The van der Waals surface area contributed by atoms with Crippen LogP contribution in [0.3, 0.4) is 0 Å². The SMILES string of the molecule is O=C(c1cc2c(Cl)cccc2o1)c1ccc(F)cc1F. The van der Waals surface area contributed by atoms with Crippen molar-refractivity contribution in [3.05, 3.63) is 70.4 Å². The highest BCUT2D eigenvalue weighted by atomic mass is 35.5. The molecule has 0 saturated carbocycles. The van der Waals surface area contributed by atoms with Gasteiger partial charge < -0.3 is 4.42 Å². The molecule has 0 N–H and O–H groups in total. The lowest BCUT2D eigenvalue weighted by atomic mass is 10.1. The number of carbonyl (C=O) groups excluding carboxylic acids is 1. The monoisotopic (exact) mass is 292 g/mol. The number of rotatable bonds is 2. The van der Waals surface area contributed by atoms with E-state index in [-0.39, 0.29) is 11.3 Å². The third-order valence-electron chi connectivity index (χ3n) is 2.91. The van der Waals surface area contributed by atoms with Crippen molar-refractivity contribution in [3.63, 3.8) is 0 Å². The maximum Gasteiger partial charge on any atom is 0.231 e. The number of hydrogen-bond donors (Lipinski definition) is 0. The molecule has 5 heteroatoms. The lowest BCUT2D eigenvalue weighted by molar-refractivity contribution is 0.101. The molecule has 0 unspecified atom stereocenters. The molecule has 0 radical (unpaired) electrons. The van der Waals surface area contributed by atoms with Gasteiger partial charge in [0.25, 0.3) is 0 Å². The van der Waals surface area contributed by atoms with E-state index in [2.05, 4.69) is 0 Å². The molecule has 0 atom stereocenters. The van der Waals surface area contributed by atoms with E-state index >= 15 is 0 Å². The Hall–Kier alpha value is -2.20. The average Bonchev–Trinajstić information content (AvgIpc) is 2.83. The van der Waals surface area contributed by atoms with Crippen molar-refractivity contribution in [3.8, 4) is 0 Å². The number of furan rings is 1. The van der Waals surface area contributed by atoms with Crippen LogP contribution in [0.4, 0.5) is 8.78 Å². The first kappa shape index (κ1) is 12.8. The van der Waals surface area contributed by atoms with Gasteiger partial charge >= 0.3 is 0 Å². The predicted octanol–water partition coefficient (Wildman–Crippen LogP) is 4.60. The van der Waals surface area contributed by atoms with E-state index in [9.17, 15) is 13.6 Å². The van der Waals surface area contributed by atoms with Crippen LogP contribution in [0.15, 0.2) is 46.9 Å². The first-order chi connectivity index (χ1) is 9.56. The highest BCUT2D eigenvalue weighted by Crippen LogP contribution is 2.28. The van der Waals surface area contributed by atoms with Crippen LogP contribution in [0.1, 0.15) is 16.1 Å². The summed E-state index contributed by atoms with van der Waals surface area (Å²) < 4.78 is 31.8. The summed E-state index contributed by atoms with van der Waals surface area (Å²) in [7, 11) is 0. The minimum absolute atomic E-state index is 0.0430. The minimum Gasteiger partial charge on any atom is -0.453 e. The summed E-state index contributed by atoms with van der Waals surface area (Å²) in [6.45, 7) is 0. The lowest BCUT2D eigenvalue weighted by Crippen LogP contribution is -2.03. The van der Waals surface area contributed by atoms with Crippen LogP contribution in [-0.2, 0) is 0 Å². The van der Waals surface area contributed by atoms with Crippen LogP contribution in [-0.4, -0.2) is 5.78 Å². The van der Waals surface area contributed by atoms with Crippen LogP contribution in [0.5, 0.6) is 0 Å². The zero-order chi connectivity index (χ0) is 14.3. The smallest absolute Gasteiger partial charge is 0.231 e. The molecule has 0 aliphatic heterocycles. The van der Waals surface area contributed by atoms with E-state index < -0.39 is 17.4 Å². The van der Waals surface area contributed by atoms with Gasteiger partial charge in [0.1, 0.15) is 17.2 Å². The molecule has 100 valence electrons. The Morgan fingerprint density at radius 2 is 1.90 bits per heavy atom. The number of fused-ring (bicyclic) bond motifs is 1. The van der Waals surface area contributed by atoms with E-state index in [1.807, 2.05) is 0 Å². The van der Waals surface area contributed by atoms with Crippen LogP contribution in [0.2, 0.25) is 5.02 Å². The molecular formula is C15H7ClF2O2. The van der Waals surface area contributed by atoms with Crippen molar-refractivity contribution in [2.24, 2.45) is 0 Å². The summed E-state index contributed by atoms with van der Waals surface area (Å²) in [5, 5.41) is 1.00. The quantitative estimate of drug-likeness (QED) is 0.646. The fourth-order valence-electron chi connectivity index (χ4n) is 1.94. The van der Waals surface area contributed by atoms with Crippen molar-refractivity contribution in [1.82, 2.24) is 0 Å². The summed E-state index contributed by atoms with van der Waals surface area (Å²) in [6, 6.07) is 9.20. The molecule has 2 nitrogen and oxygen atoms in total. The zero-order valence-corrected chi connectivity index (χ0v) is 10.7. The molecule has 0 saturated heterocycles. The predicted molar refractivity (Wildman–Crippen MR) is 71.0 cm³/mol. The highest BCUT2D eigenvalue weighted by molar-refractivity contribution is 6.35. The standard InChI is InChI=1S/C15H7ClF2O2/c16-11-2-1-3-13-10(11)7-14(20-13)15(19)9-5-4-8(17)6-12(9)18/h1-7H. The van der Waals surface area contributed by atoms with Crippen LogP contribution >= 0.6 is 11.6 Å². The normalized spacial score (nSPS) is 10.9.